The molecule has 0 bridgehead atoms. The van der Waals surface area contributed by atoms with Crippen molar-refractivity contribution in [2.45, 2.75) is 30.8 Å². The molecule has 1 heterocycles. The Morgan fingerprint density at radius 3 is 2.29 bits per heavy atom. The molecule has 2 N–H and O–H groups in total. The molecule has 3 aromatic rings. The lowest BCUT2D eigenvalue weighted by Crippen LogP contribution is -2.53. The van der Waals surface area contributed by atoms with E-state index in [1.165, 1.54) is 16.7 Å². The lowest BCUT2D eigenvalue weighted by Gasteiger charge is -2.31. The Hall–Kier alpha value is -3.78. The molecule has 180 valence electrons. The van der Waals surface area contributed by atoms with E-state index in [1.54, 1.807) is 17.0 Å². The highest BCUT2D eigenvalue weighted by Crippen LogP contribution is 2.34. The summed E-state index contributed by atoms with van der Waals surface area (Å²) in [5.74, 6) is -0.167. The maximum atomic E-state index is 13.7. The van der Waals surface area contributed by atoms with Gasteiger partial charge in [-0.2, -0.15) is 0 Å². The van der Waals surface area contributed by atoms with Gasteiger partial charge in [0.1, 0.15) is 12.6 Å². The monoisotopic (exact) mass is 488 g/mol. The summed E-state index contributed by atoms with van der Waals surface area (Å²) in [4.78, 5) is 43.9. The van der Waals surface area contributed by atoms with Gasteiger partial charge >= 0.3 is 6.03 Å². The van der Waals surface area contributed by atoms with E-state index in [9.17, 15) is 14.4 Å². The van der Waals surface area contributed by atoms with Crippen LogP contribution in [0.3, 0.4) is 0 Å². The lowest BCUT2D eigenvalue weighted by molar-refractivity contribution is -0.123. The van der Waals surface area contributed by atoms with E-state index in [-0.39, 0.29) is 24.4 Å². The Kier molecular flexibility index (Phi) is 7.72. The molecule has 4 rings (SSSR count). The number of carbonyl (C=O) groups is 3. The molecule has 0 fully saturated rings. The number of anilines is 3. The largest absolute Gasteiger partial charge is 0.325 e. The molecule has 0 spiro atoms. The highest BCUT2D eigenvalue weighted by Gasteiger charge is 2.34. The minimum atomic E-state index is -0.798. The van der Waals surface area contributed by atoms with Crippen molar-refractivity contribution in [2.75, 3.05) is 27.4 Å². The van der Waals surface area contributed by atoms with Crippen molar-refractivity contribution >= 4 is 46.7 Å². The van der Waals surface area contributed by atoms with Gasteiger partial charge < -0.3 is 20.4 Å². The van der Waals surface area contributed by atoms with Gasteiger partial charge in [0.25, 0.3) is 5.91 Å². The second kappa shape index (κ2) is 11.1. The summed E-state index contributed by atoms with van der Waals surface area (Å²) in [6.07, 6.45) is 0. The van der Waals surface area contributed by atoms with E-state index >= 15 is 0 Å². The second-order valence-corrected chi connectivity index (χ2v) is 9.48. The molecule has 0 saturated carbocycles. The van der Waals surface area contributed by atoms with Crippen LogP contribution in [-0.4, -0.2) is 42.2 Å². The van der Waals surface area contributed by atoms with Crippen molar-refractivity contribution in [3.8, 4) is 0 Å². The summed E-state index contributed by atoms with van der Waals surface area (Å²) in [5, 5.41) is 5.55. The van der Waals surface area contributed by atoms with Crippen LogP contribution in [0.4, 0.5) is 21.9 Å². The SMILES string of the molecule is CC(C)N(C(=O)CN1C(=O)C(NC(=O)Nc2ccccc2)CSc2ccccc21)c1ccccc1. The molecule has 0 radical (unpaired) electrons. The fraction of sp³-hybridized carbons (Fsp3) is 0.222. The number of hydrogen-bond donors (Lipinski definition) is 2. The van der Waals surface area contributed by atoms with Crippen LogP contribution < -0.4 is 20.4 Å². The van der Waals surface area contributed by atoms with Crippen LogP contribution in [0, 0.1) is 0 Å². The van der Waals surface area contributed by atoms with E-state index in [2.05, 4.69) is 10.6 Å². The third kappa shape index (κ3) is 5.84. The number of nitrogens with zero attached hydrogens (tertiary/aromatic N) is 2. The first kappa shape index (κ1) is 24.3. The fourth-order valence-corrected chi connectivity index (χ4v) is 5.07. The topological polar surface area (TPSA) is 81.8 Å². The summed E-state index contributed by atoms with van der Waals surface area (Å²) in [7, 11) is 0. The Morgan fingerprint density at radius 1 is 0.971 bits per heavy atom. The van der Waals surface area contributed by atoms with Crippen LogP contribution >= 0.6 is 11.8 Å². The molecule has 0 aliphatic carbocycles. The predicted octanol–water partition coefficient (Wildman–Crippen LogP) is 4.76. The van der Waals surface area contributed by atoms with Crippen LogP contribution in [-0.2, 0) is 9.59 Å². The summed E-state index contributed by atoms with van der Waals surface area (Å²) < 4.78 is 0. The van der Waals surface area contributed by atoms with Crippen molar-refractivity contribution in [1.29, 1.82) is 0 Å². The minimum Gasteiger partial charge on any atom is -0.325 e. The number of hydrogen-bond acceptors (Lipinski definition) is 4. The third-order valence-corrected chi connectivity index (χ3v) is 6.73. The van der Waals surface area contributed by atoms with Gasteiger partial charge in [-0.05, 0) is 50.2 Å². The average Bonchev–Trinajstić information content (AvgIpc) is 2.97. The molecular weight excluding hydrogens is 460 g/mol. The molecule has 3 aromatic carbocycles. The predicted molar refractivity (Wildman–Crippen MR) is 141 cm³/mol. The molecule has 0 aromatic heterocycles. The number of amides is 4. The van der Waals surface area contributed by atoms with Gasteiger partial charge in [-0.1, -0.05) is 48.5 Å². The van der Waals surface area contributed by atoms with Gasteiger partial charge in [-0.15, -0.1) is 11.8 Å². The van der Waals surface area contributed by atoms with Crippen LogP contribution in [0.2, 0.25) is 0 Å². The fourth-order valence-electron chi connectivity index (χ4n) is 4.00. The molecule has 1 atom stereocenters. The number of thioether (sulfide) groups is 1. The standard InChI is InChI=1S/C27H28N4O3S/c1-19(2)31(21-13-7-4-8-14-21)25(32)17-30-23-15-9-10-16-24(23)35-18-22(26(30)33)29-27(34)28-20-11-5-3-6-12-20/h3-16,19,22H,17-18H2,1-2H3,(H2,28,29,34). The molecule has 7 nitrogen and oxygen atoms in total. The number of benzene rings is 3. The Morgan fingerprint density at radius 2 is 1.60 bits per heavy atom. The molecule has 0 saturated heterocycles. The summed E-state index contributed by atoms with van der Waals surface area (Å²) in [6, 6.07) is 24.6. The van der Waals surface area contributed by atoms with Gasteiger partial charge in [-0.25, -0.2) is 4.79 Å². The van der Waals surface area contributed by atoms with E-state index in [0.717, 1.165) is 10.6 Å². The van der Waals surface area contributed by atoms with E-state index in [0.29, 0.717) is 17.1 Å². The zero-order valence-electron chi connectivity index (χ0n) is 19.7. The average molecular weight is 489 g/mol. The summed E-state index contributed by atoms with van der Waals surface area (Å²) in [6.45, 7) is 3.75. The Bertz CT molecular complexity index is 1190. The third-order valence-electron chi connectivity index (χ3n) is 5.58. The number of para-hydroxylation sites is 3. The molecule has 8 heteroatoms. The quantitative estimate of drug-likeness (QED) is 0.524. The molecule has 35 heavy (non-hydrogen) atoms. The smallest absolute Gasteiger partial charge is 0.319 e. The minimum absolute atomic E-state index is 0.0952. The normalized spacial score (nSPS) is 15.2. The molecule has 1 aliphatic heterocycles. The van der Waals surface area contributed by atoms with Crippen molar-refractivity contribution in [1.82, 2.24) is 5.32 Å². The molecule has 1 unspecified atom stereocenters. The lowest BCUT2D eigenvalue weighted by atomic mass is 10.2. The van der Waals surface area contributed by atoms with E-state index < -0.39 is 12.1 Å². The Balaban J connectivity index is 1.57. The second-order valence-electron chi connectivity index (χ2n) is 8.41. The van der Waals surface area contributed by atoms with E-state index in [4.69, 9.17) is 0 Å². The van der Waals surface area contributed by atoms with Crippen LogP contribution in [0.15, 0.2) is 89.8 Å². The first-order valence-electron chi connectivity index (χ1n) is 11.5. The van der Waals surface area contributed by atoms with Gasteiger partial charge in [0.05, 0.1) is 5.69 Å². The summed E-state index contributed by atoms with van der Waals surface area (Å²) in [5.41, 5.74) is 2.07. The highest BCUT2D eigenvalue weighted by atomic mass is 32.2. The van der Waals surface area contributed by atoms with Crippen LogP contribution in [0.1, 0.15) is 13.8 Å². The molecule has 4 amide bonds. The van der Waals surface area contributed by atoms with Crippen LogP contribution in [0.25, 0.3) is 0 Å². The zero-order chi connectivity index (χ0) is 24.8. The maximum Gasteiger partial charge on any atom is 0.319 e. The number of carbonyl (C=O) groups excluding carboxylic acids is 3. The Labute approximate surface area is 209 Å². The summed E-state index contributed by atoms with van der Waals surface area (Å²) >= 11 is 1.48. The van der Waals surface area contributed by atoms with Gasteiger partial charge in [0.15, 0.2) is 0 Å². The number of nitrogens with one attached hydrogen (secondary N) is 2. The zero-order valence-corrected chi connectivity index (χ0v) is 20.5. The van der Waals surface area contributed by atoms with Crippen molar-refractivity contribution in [2.24, 2.45) is 0 Å². The van der Waals surface area contributed by atoms with E-state index in [1.807, 2.05) is 86.6 Å². The van der Waals surface area contributed by atoms with Gasteiger partial charge in [-0.3, -0.25) is 9.59 Å². The maximum absolute atomic E-state index is 13.7. The highest BCUT2D eigenvalue weighted by molar-refractivity contribution is 7.99. The number of rotatable bonds is 6. The van der Waals surface area contributed by atoms with Crippen LogP contribution in [0.5, 0.6) is 0 Å². The van der Waals surface area contributed by atoms with Crippen molar-refractivity contribution in [3.63, 3.8) is 0 Å². The van der Waals surface area contributed by atoms with Gasteiger partial charge in [0, 0.05) is 28.1 Å². The van der Waals surface area contributed by atoms with Crippen molar-refractivity contribution in [3.05, 3.63) is 84.9 Å². The first-order chi connectivity index (χ1) is 16.9. The van der Waals surface area contributed by atoms with Crippen molar-refractivity contribution < 1.29 is 14.4 Å². The number of fused-ring (bicyclic) bond motifs is 1. The number of urea groups is 1. The van der Waals surface area contributed by atoms with Gasteiger partial charge in [0.2, 0.25) is 5.91 Å². The first-order valence-corrected chi connectivity index (χ1v) is 12.5. The molecular formula is C27H28N4O3S. The molecule has 1 aliphatic rings.